The third kappa shape index (κ3) is 4.68. The van der Waals surface area contributed by atoms with Crippen molar-refractivity contribution in [1.29, 1.82) is 0 Å². The molecule has 6 nitrogen and oxygen atoms in total. The van der Waals surface area contributed by atoms with Crippen LogP contribution < -0.4 is 0 Å². The third-order valence-corrected chi connectivity index (χ3v) is 7.78. The van der Waals surface area contributed by atoms with E-state index in [2.05, 4.69) is 0 Å². The van der Waals surface area contributed by atoms with E-state index in [1.807, 2.05) is 0 Å². The first-order valence-corrected chi connectivity index (χ1v) is 12.4. The van der Waals surface area contributed by atoms with Crippen LogP contribution in [0.4, 0.5) is 0 Å². The van der Waals surface area contributed by atoms with Gasteiger partial charge in [0.15, 0.2) is 5.78 Å². The Morgan fingerprint density at radius 3 is 1.69 bits per heavy atom. The molecule has 0 aliphatic carbocycles. The largest absolute Gasteiger partial charge is 0.292 e. The summed E-state index contributed by atoms with van der Waals surface area (Å²) in [5.41, 5.74) is -0.687. The van der Waals surface area contributed by atoms with Gasteiger partial charge in [0.05, 0.1) is 41.8 Å². The quantitative estimate of drug-likeness (QED) is 0.126. The number of hydrogen-bond donors (Lipinski definition) is 0. The van der Waals surface area contributed by atoms with Crippen molar-refractivity contribution < 1.29 is 19.2 Å². The first-order valence-electron chi connectivity index (χ1n) is 9.74. The molecule has 4 rings (SSSR count). The molecule has 0 saturated carbocycles. The molecule has 0 aromatic heterocycles. The molecule has 36 heavy (non-hydrogen) atoms. The zero-order valence-corrected chi connectivity index (χ0v) is 22.7. The number of rotatable bonds is 5. The van der Waals surface area contributed by atoms with Gasteiger partial charge in [0.1, 0.15) is 6.54 Å². The van der Waals surface area contributed by atoms with Gasteiger partial charge in [-0.3, -0.25) is 19.2 Å². The molecule has 1 heterocycles. The standard InChI is InChI=1S/C23H9Cl7N2O4/c24-10-3-1-9(2-4-10)14(33)8-31(21(34)12-6-5-11(25)7-13(12)26)32-22(35)15-16(23(32)36)18(28)20(30)19(29)17(15)27/h1-7H,8H2. The highest BCUT2D eigenvalue weighted by atomic mass is 35.5. The zero-order valence-electron chi connectivity index (χ0n) is 17.4. The van der Waals surface area contributed by atoms with Crippen LogP contribution in [0.3, 0.4) is 0 Å². The smallest absolute Gasteiger partial charge is 0.282 e. The molecule has 0 atom stereocenters. The van der Waals surface area contributed by atoms with Crippen molar-refractivity contribution in [3.8, 4) is 0 Å². The molecule has 0 spiro atoms. The van der Waals surface area contributed by atoms with E-state index in [0.29, 0.717) is 15.0 Å². The molecule has 1 aliphatic rings. The molecule has 13 heteroatoms. The number of amides is 3. The Hall–Kier alpha value is -2.03. The normalized spacial score (nSPS) is 12.7. The topological polar surface area (TPSA) is 74.8 Å². The fraction of sp³-hybridized carbons (Fsp3) is 0.0435. The summed E-state index contributed by atoms with van der Waals surface area (Å²) in [4.78, 5) is 53.5. The maximum atomic E-state index is 13.6. The second-order valence-electron chi connectivity index (χ2n) is 7.35. The Balaban J connectivity index is 1.84. The highest BCUT2D eigenvalue weighted by Crippen LogP contribution is 2.45. The molecule has 0 unspecified atom stereocenters. The van der Waals surface area contributed by atoms with Gasteiger partial charge in [-0.1, -0.05) is 81.2 Å². The number of carbonyl (C=O) groups is 4. The lowest BCUT2D eigenvalue weighted by atomic mass is 10.1. The number of benzene rings is 3. The average Bonchev–Trinajstić information content (AvgIpc) is 3.09. The Kier molecular flexibility index (Phi) is 7.79. The van der Waals surface area contributed by atoms with E-state index >= 15 is 0 Å². The molecule has 0 saturated heterocycles. The summed E-state index contributed by atoms with van der Waals surface area (Å²) in [5.74, 6) is -3.64. The van der Waals surface area contributed by atoms with Crippen LogP contribution >= 0.6 is 81.2 Å². The summed E-state index contributed by atoms with van der Waals surface area (Å²) in [7, 11) is 0. The minimum Gasteiger partial charge on any atom is -0.292 e. The fourth-order valence-corrected chi connectivity index (χ4v) is 5.08. The Morgan fingerprint density at radius 2 is 1.19 bits per heavy atom. The molecular weight excluding hydrogens is 616 g/mol. The summed E-state index contributed by atoms with van der Waals surface area (Å²) in [6.45, 7) is -0.735. The molecule has 184 valence electrons. The number of ketones is 1. The predicted octanol–water partition coefficient (Wildman–Crippen LogP) is 7.80. The molecule has 1 aliphatic heterocycles. The van der Waals surface area contributed by atoms with Gasteiger partial charge in [-0.25, -0.2) is 5.01 Å². The van der Waals surface area contributed by atoms with E-state index in [1.54, 1.807) is 0 Å². The number of carbonyl (C=O) groups excluding carboxylic acids is 4. The van der Waals surface area contributed by atoms with Crippen molar-refractivity contribution in [3.05, 3.63) is 99.9 Å². The highest BCUT2D eigenvalue weighted by Gasteiger charge is 2.46. The van der Waals surface area contributed by atoms with Gasteiger partial charge in [-0.05, 0) is 42.5 Å². The van der Waals surface area contributed by atoms with Gasteiger partial charge in [-0.2, -0.15) is 5.01 Å². The minimum absolute atomic E-state index is 0.0739. The summed E-state index contributed by atoms with van der Waals surface area (Å²) in [6.07, 6.45) is 0. The predicted molar refractivity (Wildman–Crippen MR) is 140 cm³/mol. The van der Waals surface area contributed by atoms with E-state index in [-0.39, 0.29) is 52.4 Å². The summed E-state index contributed by atoms with van der Waals surface area (Å²) in [6, 6.07) is 9.78. The molecule has 3 aromatic rings. The number of fused-ring (bicyclic) bond motifs is 1. The van der Waals surface area contributed by atoms with Crippen LogP contribution in [0.15, 0.2) is 42.5 Å². The van der Waals surface area contributed by atoms with Gasteiger partial charge < -0.3 is 0 Å². The number of nitrogens with zero attached hydrogens (tertiary/aromatic N) is 2. The Labute approximate surface area is 239 Å². The maximum Gasteiger partial charge on any atom is 0.282 e. The lowest BCUT2D eigenvalue weighted by Gasteiger charge is -2.29. The lowest BCUT2D eigenvalue weighted by Crippen LogP contribution is -2.51. The van der Waals surface area contributed by atoms with Crippen molar-refractivity contribution in [3.63, 3.8) is 0 Å². The summed E-state index contributed by atoms with van der Waals surface area (Å²) < 4.78 is 0. The molecular formula is C23H9Cl7N2O4. The number of Topliss-reactive ketones (excluding diaryl/α,β-unsaturated/α-hetero) is 1. The molecule has 0 fully saturated rings. The van der Waals surface area contributed by atoms with E-state index < -0.39 is 30.0 Å². The van der Waals surface area contributed by atoms with E-state index in [9.17, 15) is 19.2 Å². The van der Waals surface area contributed by atoms with Crippen LogP contribution in [0, 0.1) is 0 Å². The van der Waals surface area contributed by atoms with Gasteiger partial charge in [0.25, 0.3) is 17.7 Å². The second-order valence-corrected chi connectivity index (χ2v) is 10.1. The monoisotopic (exact) mass is 622 g/mol. The van der Waals surface area contributed by atoms with Gasteiger partial charge in [0.2, 0.25) is 0 Å². The van der Waals surface area contributed by atoms with Crippen LogP contribution in [0.2, 0.25) is 35.2 Å². The zero-order chi connectivity index (χ0) is 26.5. The first-order chi connectivity index (χ1) is 16.9. The molecule has 0 radical (unpaired) electrons. The molecule has 3 amide bonds. The molecule has 0 bridgehead atoms. The van der Waals surface area contributed by atoms with E-state index in [1.165, 1.54) is 42.5 Å². The lowest BCUT2D eigenvalue weighted by molar-refractivity contribution is 0.00533. The van der Waals surface area contributed by atoms with Crippen LogP contribution in [-0.4, -0.2) is 40.1 Å². The fourth-order valence-electron chi connectivity index (χ4n) is 3.46. The van der Waals surface area contributed by atoms with Gasteiger partial charge in [0, 0.05) is 15.6 Å². The summed E-state index contributed by atoms with van der Waals surface area (Å²) >= 11 is 42.6. The Bertz CT molecular complexity index is 1430. The average molecular weight is 626 g/mol. The van der Waals surface area contributed by atoms with Gasteiger partial charge in [-0.15, -0.1) is 0 Å². The summed E-state index contributed by atoms with van der Waals surface area (Å²) in [5, 5.41) is 0.485. The number of hydrogen-bond acceptors (Lipinski definition) is 4. The molecule has 3 aromatic carbocycles. The van der Waals surface area contributed by atoms with Crippen molar-refractivity contribution in [2.75, 3.05) is 6.54 Å². The maximum absolute atomic E-state index is 13.6. The van der Waals surface area contributed by atoms with E-state index in [0.717, 1.165) is 0 Å². The van der Waals surface area contributed by atoms with E-state index in [4.69, 9.17) is 81.2 Å². The third-order valence-electron chi connectivity index (χ3n) is 5.18. The first kappa shape index (κ1) is 27.0. The number of halogens is 7. The Morgan fingerprint density at radius 1 is 0.694 bits per heavy atom. The SMILES string of the molecule is O=C(CN(C(=O)c1ccc(Cl)cc1Cl)N1C(=O)c2c(Cl)c(Cl)c(Cl)c(Cl)c2C1=O)c1ccc(Cl)cc1. The molecule has 0 N–H and O–H groups in total. The van der Waals surface area contributed by atoms with Crippen molar-refractivity contribution in [2.24, 2.45) is 0 Å². The van der Waals surface area contributed by atoms with Gasteiger partial charge >= 0.3 is 0 Å². The van der Waals surface area contributed by atoms with Crippen molar-refractivity contribution in [2.45, 2.75) is 0 Å². The second kappa shape index (κ2) is 10.4. The van der Waals surface area contributed by atoms with Crippen molar-refractivity contribution >= 4 is 105 Å². The van der Waals surface area contributed by atoms with Crippen LogP contribution in [-0.2, 0) is 0 Å². The highest BCUT2D eigenvalue weighted by molar-refractivity contribution is 6.55. The number of hydrazine groups is 1. The minimum atomic E-state index is -1.04. The van der Waals surface area contributed by atoms with Crippen LogP contribution in [0.5, 0.6) is 0 Å². The van der Waals surface area contributed by atoms with Crippen LogP contribution in [0.25, 0.3) is 0 Å². The van der Waals surface area contributed by atoms with Crippen LogP contribution in [0.1, 0.15) is 41.4 Å². The van der Waals surface area contributed by atoms with Crippen molar-refractivity contribution in [1.82, 2.24) is 10.0 Å². The number of imide groups is 1.